The van der Waals surface area contributed by atoms with Gasteiger partial charge in [0, 0.05) is 6.04 Å². The number of rotatable bonds is 1. The summed E-state index contributed by atoms with van der Waals surface area (Å²) in [4.78, 5) is 11.5. The van der Waals surface area contributed by atoms with Gasteiger partial charge in [-0.1, -0.05) is 11.6 Å². The summed E-state index contributed by atoms with van der Waals surface area (Å²) in [6.45, 7) is 7.67. The molecule has 0 aromatic carbocycles. The molecule has 0 saturated heterocycles. The molecule has 0 aliphatic heterocycles. The van der Waals surface area contributed by atoms with Crippen molar-refractivity contribution in [3.8, 4) is 0 Å². The van der Waals surface area contributed by atoms with Crippen LogP contribution in [0, 0.1) is 0 Å². The summed E-state index contributed by atoms with van der Waals surface area (Å²) in [5.41, 5.74) is 1.02. The van der Waals surface area contributed by atoms with Gasteiger partial charge in [-0.05, 0) is 47.0 Å². The lowest BCUT2D eigenvalue weighted by molar-refractivity contribution is 0.0506. The Morgan fingerprint density at radius 3 is 2.67 bits per heavy atom. The van der Waals surface area contributed by atoms with Gasteiger partial charge < -0.3 is 10.1 Å². The lowest BCUT2D eigenvalue weighted by Crippen LogP contribution is -2.37. The van der Waals surface area contributed by atoms with Gasteiger partial charge in [-0.2, -0.15) is 0 Å². The molecule has 1 N–H and O–H groups in total. The molecule has 0 heterocycles. The van der Waals surface area contributed by atoms with Crippen LogP contribution < -0.4 is 5.32 Å². The van der Waals surface area contributed by atoms with E-state index in [0.29, 0.717) is 0 Å². The Balaban J connectivity index is 2.34. The summed E-state index contributed by atoms with van der Waals surface area (Å²) >= 11 is 0. The maximum atomic E-state index is 11.5. The molecule has 86 valence electrons. The molecule has 0 aromatic heterocycles. The molecule has 0 spiro atoms. The third-order valence-electron chi connectivity index (χ3n) is 2.45. The summed E-state index contributed by atoms with van der Waals surface area (Å²) in [6, 6.07) is 0.256. The molecule has 1 amide bonds. The summed E-state index contributed by atoms with van der Waals surface area (Å²) in [5, 5.41) is 2.90. The van der Waals surface area contributed by atoms with Crippen molar-refractivity contribution >= 4 is 6.09 Å². The van der Waals surface area contributed by atoms with Crippen LogP contribution >= 0.6 is 0 Å². The van der Waals surface area contributed by atoms with Gasteiger partial charge in [0.15, 0.2) is 0 Å². The largest absolute Gasteiger partial charge is 0.444 e. The predicted octanol–water partition coefficient (Wildman–Crippen LogP) is 3.01. The highest BCUT2D eigenvalue weighted by atomic mass is 16.6. The van der Waals surface area contributed by atoms with E-state index in [1.54, 1.807) is 0 Å². The highest BCUT2D eigenvalue weighted by Gasteiger charge is 2.23. The van der Waals surface area contributed by atoms with Gasteiger partial charge in [-0.25, -0.2) is 4.79 Å². The number of amides is 1. The van der Waals surface area contributed by atoms with E-state index in [0.717, 1.165) is 19.3 Å². The Kier molecular flexibility index (Phi) is 3.77. The average Bonchev–Trinajstić information content (AvgIpc) is 2.48. The molecular weight excluding hydrogens is 190 g/mol. The minimum atomic E-state index is -0.411. The lowest BCUT2D eigenvalue weighted by atomic mass is 10.2. The lowest BCUT2D eigenvalue weighted by Gasteiger charge is -2.21. The number of hydrogen-bond donors (Lipinski definition) is 1. The second-order valence-corrected chi connectivity index (χ2v) is 5.03. The van der Waals surface area contributed by atoms with E-state index in [4.69, 9.17) is 4.74 Å². The van der Waals surface area contributed by atoms with Crippen LogP contribution in [0.25, 0.3) is 0 Å². The summed E-state index contributed by atoms with van der Waals surface area (Å²) in [5.74, 6) is 0. The molecule has 1 rings (SSSR count). The normalized spacial score (nSPS) is 24.3. The molecule has 1 saturated carbocycles. The van der Waals surface area contributed by atoms with Crippen LogP contribution in [-0.4, -0.2) is 17.7 Å². The van der Waals surface area contributed by atoms with Gasteiger partial charge in [0.25, 0.3) is 0 Å². The molecular formula is C12H21NO2. The molecule has 0 aromatic rings. The predicted molar refractivity (Wildman–Crippen MR) is 60.8 cm³/mol. The Morgan fingerprint density at radius 2 is 2.20 bits per heavy atom. The second kappa shape index (κ2) is 4.69. The monoisotopic (exact) mass is 211 g/mol. The topological polar surface area (TPSA) is 38.3 Å². The first-order valence-corrected chi connectivity index (χ1v) is 5.54. The van der Waals surface area contributed by atoms with Crippen molar-refractivity contribution in [3.63, 3.8) is 0 Å². The van der Waals surface area contributed by atoms with Crippen LogP contribution in [0.2, 0.25) is 0 Å². The highest BCUT2D eigenvalue weighted by molar-refractivity contribution is 5.68. The number of ether oxygens (including phenoxy) is 1. The third-order valence-corrected chi connectivity index (χ3v) is 2.45. The smallest absolute Gasteiger partial charge is 0.407 e. The van der Waals surface area contributed by atoms with Crippen LogP contribution in [0.3, 0.4) is 0 Å². The van der Waals surface area contributed by atoms with E-state index in [1.165, 1.54) is 5.57 Å². The summed E-state index contributed by atoms with van der Waals surface area (Å²) in [6.07, 6.45) is 4.92. The minimum absolute atomic E-state index is 0.256. The van der Waals surface area contributed by atoms with Crippen molar-refractivity contribution < 1.29 is 9.53 Å². The fourth-order valence-electron chi connectivity index (χ4n) is 1.74. The van der Waals surface area contributed by atoms with Crippen molar-refractivity contribution in [2.24, 2.45) is 0 Å². The minimum Gasteiger partial charge on any atom is -0.444 e. The van der Waals surface area contributed by atoms with Crippen LogP contribution in [0.15, 0.2) is 11.6 Å². The fraction of sp³-hybridized carbons (Fsp3) is 0.750. The molecule has 1 aliphatic rings. The van der Waals surface area contributed by atoms with Crippen LogP contribution in [0.1, 0.15) is 47.0 Å². The van der Waals surface area contributed by atoms with E-state index in [2.05, 4.69) is 11.4 Å². The molecule has 1 unspecified atom stereocenters. The zero-order valence-electron chi connectivity index (χ0n) is 10.1. The van der Waals surface area contributed by atoms with Gasteiger partial charge in [0.2, 0.25) is 0 Å². The molecule has 15 heavy (non-hydrogen) atoms. The second-order valence-electron chi connectivity index (χ2n) is 5.03. The van der Waals surface area contributed by atoms with E-state index < -0.39 is 5.60 Å². The quantitative estimate of drug-likeness (QED) is 0.677. The van der Waals surface area contributed by atoms with E-state index in [9.17, 15) is 4.79 Å². The summed E-state index contributed by atoms with van der Waals surface area (Å²) in [7, 11) is 0. The van der Waals surface area contributed by atoms with Gasteiger partial charge in [0.05, 0.1) is 0 Å². The number of allylic oxidation sites excluding steroid dienone is 1. The number of carbonyl (C=O) groups is 1. The zero-order chi connectivity index (χ0) is 11.5. The van der Waals surface area contributed by atoms with Crippen molar-refractivity contribution in [3.05, 3.63) is 11.6 Å². The van der Waals surface area contributed by atoms with Crippen molar-refractivity contribution in [2.45, 2.75) is 58.6 Å². The molecule has 0 radical (unpaired) electrons. The first-order valence-electron chi connectivity index (χ1n) is 5.54. The molecule has 3 nitrogen and oxygen atoms in total. The van der Waals surface area contributed by atoms with Gasteiger partial charge in [-0.3, -0.25) is 0 Å². The van der Waals surface area contributed by atoms with Gasteiger partial charge in [0.1, 0.15) is 5.60 Å². The molecule has 1 atom stereocenters. The van der Waals surface area contributed by atoms with E-state index >= 15 is 0 Å². The first-order chi connectivity index (χ1) is 6.90. The van der Waals surface area contributed by atoms with Crippen molar-refractivity contribution in [1.82, 2.24) is 5.32 Å². The zero-order valence-corrected chi connectivity index (χ0v) is 10.1. The molecule has 0 bridgehead atoms. The third kappa shape index (κ3) is 4.36. The number of carbonyl (C=O) groups excluding carboxylic acids is 1. The number of nitrogens with one attached hydrogen (secondary N) is 1. The van der Waals surface area contributed by atoms with Gasteiger partial charge in [-0.15, -0.1) is 0 Å². The van der Waals surface area contributed by atoms with Crippen LogP contribution in [0.4, 0.5) is 4.79 Å². The first kappa shape index (κ1) is 12.1. The SMILES string of the molecule is CC=C1CCC(NC(=O)OC(C)(C)C)C1. The number of alkyl carbamates (subject to hydrolysis) is 1. The molecule has 1 fully saturated rings. The maximum absolute atomic E-state index is 11.5. The van der Waals surface area contributed by atoms with E-state index in [-0.39, 0.29) is 12.1 Å². The molecule has 3 heteroatoms. The highest BCUT2D eigenvalue weighted by Crippen LogP contribution is 2.24. The van der Waals surface area contributed by atoms with Crippen LogP contribution in [-0.2, 0) is 4.74 Å². The Labute approximate surface area is 91.9 Å². The van der Waals surface area contributed by atoms with Crippen molar-refractivity contribution in [1.29, 1.82) is 0 Å². The van der Waals surface area contributed by atoms with Crippen molar-refractivity contribution in [2.75, 3.05) is 0 Å². The Morgan fingerprint density at radius 1 is 1.53 bits per heavy atom. The molecule has 1 aliphatic carbocycles. The Hall–Kier alpha value is -0.990. The van der Waals surface area contributed by atoms with Crippen LogP contribution in [0.5, 0.6) is 0 Å². The standard InChI is InChI=1S/C12H21NO2/c1-5-9-6-7-10(8-9)13-11(14)15-12(2,3)4/h5,10H,6-8H2,1-4H3,(H,13,14). The summed E-state index contributed by atoms with van der Waals surface area (Å²) < 4.78 is 5.20. The van der Waals surface area contributed by atoms with E-state index in [1.807, 2.05) is 27.7 Å². The average molecular weight is 211 g/mol. The maximum Gasteiger partial charge on any atom is 0.407 e. The fourth-order valence-corrected chi connectivity index (χ4v) is 1.74. The number of hydrogen-bond acceptors (Lipinski definition) is 2. The Bertz CT molecular complexity index is 263. The van der Waals surface area contributed by atoms with Gasteiger partial charge >= 0.3 is 6.09 Å².